The van der Waals surface area contributed by atoms with Crippen molar-refractivity contribution in [3.8, 4) is 11.5 Å². The highest BCUT2D eigenvalue weighted by Gasteiger charge is 2.33. The van der Waals surface area contributed by atoms with Gasteiger partial charge in [0, 0.05) is 38.4 Å². The summed E-state index contributed by atoms with van der Waals surface area (Å²) in [6.45, 7) is 2.54. The monoisotopic (exact) mass is 350 g/mol. The summed E-state index contributed by atoms with van der Waals surface area (Å²) >= 11 is 0. The average Bonchev–Trinajstić information content (AvgIpc) is 3.44. The predicted octanol–water partition coefficient (Wildman–Crippen LogP) is 2.16. The van der Waals surface area contributed by atoms with E-state index in [9.17, 15) is 4.79 Å². The van der Waals surface area contributed by atoms with Gasteiger partial charge in [0.25, 0.3) is 0 Å². The Bertz CT molecular complexity index is 560. The van der Waals surface area contributed by atoms with Crippen molar-refractivity contribution in [2.75, 3.05) is 48.1 Å². The Labute approximate surface area is 150 Å². The summed E-state index contributed by atoms with van der Waals surface area (Å²) in [5.41, 5.74) is 0.976. The molecule has 1 fully saturated rings. The van der Waals surface area contributed by atoms with E-state index in [0.29, 0.717) is 25.7 Å². The van der Waals surface area contributed by atoms with Crippen LogP contribution in [0.3, 0.4) is 0 Å². The van der Waals surface area contributed by atoms with E-state index in [2.05, 4.69) is 4.90 Å². The van der Waals surface area contributed by atoms with Crippen LogP contribution in [0.25, 0.3) is 0 Å². The molecular weight excluding hydrogens is 320 g/mol. The minimum absolute atomic E-state index is 0.160. The van der Waals surface area contributed by atoms with Crippen LogP contribution in [0.4, 0.5) is 0 Å². The molecule has 0 unspecified atom stereocenters. The lowest BCUT2D eigenvalue weighted by atomic mass is 10.1. The van der Waals surface area contributed by atoms with Crippen LogP contribution in [0.1, 0.15) is 24.8 Å². The van der Waals surface area contributed by atoms with Crippen molar-refractivity contribution in [1.82, 2.24) is 9.80 Å². The van der Waals surface area contributed by atoms with Crippen LogP contribution in [-0.4, -0.2) is 69.8 Å². The molecule has 6 nitrogen and oxygen atoms in total. The number of hydrogen-bond donors (Lipinski definition) is 0. The second kappa shape index (κ2) is 9.63. The quantitative estimate of drug-likeness (QED) is 0.573. The zero-order chi connectivity index (χ0) is 18.2. The normalized spacial score (nSPS) is 13.8. The fourth-order valence-electron chi connectivity index (χ4n) is 2.88. The molecule has 2 rings (SSSR count). The average molecular weight is 350 g/mol. The van der Waals surface area contributed by atoms with Crippen molar-refractivity contribution in [2.45, 2.75) is 31.8 Å². The maximum Gasteiger partial charge on any atom is 0.237 e. The number of rotatable bonds is 11. The SMILES string of the molecule is COCCCN(C)CC(=O)N(Cc1cc(OC)ccc1OC)C1CC1. The maximum absolute atomic E-state index is 12.8. The Balaban J connectivity index is 2.02. The van der Waals surface area contributed by atoms with Crippen LogP contribution in [0.15, 0.2) is 18.2 Å². The minimum Gasteiger partial charge on any atom is -0.497 e. The van der Waals surface area contributed by atoms with Crippen molar-refractivity contribution in [3.05, 3.63) is 23.8 Å². The summed E-state index contributed by atoms with van der Waals surface area (Å²) < 4.78 is 15.8. The molecule has 1 saturated carbocycles. The summed E-state index contributed by atoms with van der Waals surface area (Å²) in [4.78, 5) is 16.8. The van der Waals surface area contributed by atoms with Gasteiger partial charge in [-0.15, -0.1) is 0 Å². The van der Waals surface area contributed by atoms with Crippen molar-refractivity contribution in [3.63, 3.8) is 0 Å². The Morgan fingerprint density at radius 2 is 1.96 bits per heavy atom. The van der Waals surface area contributed by atoms with E-state index in [-0.39, 0.29) is 5.91 Å². The van der Waals surface area contributed by atoms with Crippen molar-refractivity contribution in [1.29, 1.82) is 0 Å². The first-order valence-corrected chi connectivity index (χ1v) is 8.77. The summed E-state index contributed by atoms with van der Waals surface area (Å²) in [6, 6.07) is 6.05. The molecule has 0 heterocycles. The number of likely N-dealkylation sites (N-methyl/N-ethyl adjacent to an activating group) is 1. The molecule has 0 atom stereocenters. The molecule has 0 bridgehead atoms. The standard InChI is InChI=1S/C19H30N2O4/c1-20(10-5-11-23-2)14-19(22)21(16-6-7-16)13-15-12-17(24-3)8-9-18(15)25-4/h8-9,12,16H,5-7,10-11,13-14H2,1-4H3. The summed E-state index contributed by atoms with van der Waals surface area (Å²) in [6.07, 6.45) is 3.07. The molecular formula is C19H30N2O4. The van der Waals surface area contributed by atoms with Crippen LogP contribution < -0.4 is 9.47 Å². The van der Waals surface area contributed by atoms with Gasteiger partial charge in [-0.2, -0.15) is 0 Å². The van der Waals surface area contributed by atoms with E-state index < -0.39 is 0 Å². The zero-order valence-electron chi connectivity index (χ0n) is 15.8. The minimum atomic E-state index is 0.160. The van der Waals surface area contributed by atoms with Crippen LogP contribution in [-0.2, 0) is 16.1 Å². The van der Waals surface area contributed by atoms with Gasteiger partial charge in [0.15, 0.2) is 0 Å². The van der Waals surface area contributed by atoms with E-state index in [1.54, 1.807) is 21.3 Å². The Kier molecular flexibility index (Phi) is 7.52. The molecule has 1 aromatic rings. The van der Waals surface area contributed by atoms with Crippen molar-refractivity contribution < 1.29 is 19.0 Å². The Morgan fingerprint density at radius 1 is 1.20 bits per heavy atom. The lowest BCUT2D eigenvalue weighted by Gasteiger charge is -2.26. The number of benzene rings is 1. The molecule has 1 aliphatic rings. The summed E-state index contributed by atoms with van der Waals surface area (Å²) in [7, 11) is 6.97. The fourth-order valence-corrected chi connectivity index (χ4v) is 2.88. The molecule has 0 spiro atoms. The van der Waals surface area contributed by atoms with Gasteiger partial charge in [0.05, 0.1) is 20.8 Å². The van der Waals surface area contributed by atoms with Gasteiger partial charge < -0.3 is 19.1 Å². The summed E-state index contributed by atoms with van der Waals surface area (Å²) in [5, 5.41) is 0. The number of carbonyl (C=O) groups is 1. The smallest absolute Gasteiger partial charge is 0.237 e. The number of carbonyl (C=O) groups excluding carboxylic acids is 1. The third-order valence-electron chi connectivity index (χ3n) is 4.43. The highest BCUT2D eigenvalue weighted by molar-refractivity contribution is 5.79. The fraction of sp³-hybridized carbons (Fsp3) is 0.632. The van der Waals surface area contributed by atoms with E-state index in [1.165, 1.54) is 0 Å². The molecule has 0 saturated heterocycles. The first-order valence-electron chi connectivity index (χ1n) is 8.77. The van der Waals surface area contributed by atoms with E-state index in [4.69, 9.17) is 14.2 Å². The van der Waals surface area contributed by atoms with E-state index in [0.717, 1.165) is 42.9 Å². The predicted molar refractivity (Wildman–Crippen MR) is 97.1 cm³/mol. The van der Waals surface area contributed by atoms with E-state index >= 15 is 0 Å². The molecule has 0 N–H and O–H groups in total. The topological polar surface area (TPSA) is 51.2 Å². The first kappa shape index (κ1) is 19.5. The molecule has 0 aliphatic heterocycles. The molecule has 140 valence electrons. The molecule has 25 heavy (non-hydrogen) atoms. The number of nitrogens with zero attached hydrogens (tertiary/aromatic N) is 2. The Hall–Kier alpha value is -1.79. The van der Waals surface area contributed by atoms with Gasteiger partial charge in [-0.3, -0.25) is 9.69 Å². The van der Waals surface area contributed by atoms with Crippen LogP contribution in [0.5, 0.6) is 11.5 Å². The second-order valence-corrected chi connectivity index (χ2v) is 6.51. The van der Waals surface area contributed by atoms with Crippen LogP contribution in [0.2, 0.25) is 0 Å². The van der Waals surface area contributed by atoms with Crippen molar-refractivity contribution >= 4 is 5.91 Å². The third-order valence-corrected chi connectivity index (χ3v) is 4.43. The molecule has 1 aliphatic carbocycles. The number of methoxy groups -OCH3 is 3. The molecule has 1 aromatic carbocycles. The summed E-state index contributed by atoms with van der Waals surface area (Å²) in [5.74, 6) is 1.72. The molecule has 0 aromatic heterocycles. The van der Waals surface area contributed by atoms with Gasteiger partial charge >= 0.3 is 0 Å². The number of amides is 1. The molecule has 1 amide bonds. The largest absolute Gasteiger partial charge is 0.497 e. The lowest BCUT2D eigenvalue weighted by Crippen LogP contribution is -2.40. The van der Waals surface area contributed by atoms with Gasteiger partial charge in [-0.1, -0.05) is 0 Å². The molecule has 0 radical (unpaired) electrons. The number of ether oxygens (including phenoxy) is 3. The van der Waals surface area contributed by atoms with Gasteiger partial charge in [-0.25, -0.2) is 0 Å². The van der Waals surface area contributed by atoms with Gasteiger partial charge in [-0.05, 0) is 44.5 Å². The zero-order valence-corrected chi connectivity index (χ0v) is 15.8. The van der Waals surface area contributed by atoms with E-state index in [1.807, 2.05) is 30.1 Å². The lowest BCUT2D eigenvalue weighted by molar-refractivity contribution is -0.133. The first-order chi connectivity index (χ1) is 12.1. The van der Waals surface area contributed by atoms with Gasteiger partial charge in [0.2, 0.25) is 5.91 Å². The highest BCUT2D eigenvalue weighted by atomic mass is 16.5. The van der Waals surface area contributed by atoms with Crippen LogP contribution >= 0.6 is 0 Å². The molecule has 6 heteroatoms. The van der Waals surface area contributed by atoms with Crippen LogP contribution in [0, 0.1) is 0 Å². The third kappa shape index (κ3) is 5.90. The maximum atomic E-state index is 12.8. The Morgan fingerprint density at radius 3 is 2.56 bits per heavy atom. The van der Waals surface area contributed by atoms with Crippen molar-refractivity contribution in [2.24, 2.45) is 0 Å². The second-order valence-electron chi connectivity index (χ2n) is 6.51. The highest BCUT2D eigenvalue weighted by Crippen LogP contribution is 2.32. The van der Waals surface area contributed by atoms with Gasteiger partial charge in [0.1, 0.15) is 11.5 Å². The number of hydrogen-bond acceptors (Lipinski definition) is 5.